The molecule has 1 heteroatoms. The molecule has 0 spiro atoms. The van der Waals surface area contributed by atoms with Crippen LogP contribution in [0.1, 0.15) is 48.9 Å². The highest BCUT2D eigenvalue weighted by molar-refractivity contribution is 5.58. The zero-order chi connectivity index (χ0) is 13.1. The standard InChI is InChI=1S/C16H25N/c1-12-10-13(2)15(14(3)11-12)8-6-7-9-16(4,5)17/h6,8,10-11H,7,9,17H2,1-5H3/b8-6+. The number of allylic oxidation sites excluding steroid dienone is 1. The van der Waals surface area contributed by atoms with Crippen LogP contribution in [-0.4, -0.2) is 5.54 Å². The summed E-state index contributed by atoms with van der Waals surface area (Å²) in [7, 11) is 0. The molecule has 1 rings (SSSR count). The van der Waals surface area contributed by atoms with Crippen LogP contribution in [0.2, 0.25) is 0 Å². The SMILES string of the molecule is Cc1cc(C)c(/C=C/CCC(C)(C)N)c(C)c1. The maximum absolute atomic E-state index is 5.96. The Bertz CT molecular complexity index is 385. The van der Waals surface area contributed by atoms with E-state index in [2.05, 4.69) is 58.9 Å². The van der Waals surface area contributed by atoms with Crippen molar-refractivity contribution in [1.29, 1.82) is 0 Å². The third-order valence-corrected chi connectivity index (χ3v) is 2.98. The van der Waals surface area contributed by atoms with Crippen molar-refractivity contribution in [2.75, 3.05) is 0 Å². The topological polar surface area (TPSA) is 26.0 Å². The number of benzene rings is 1. The lowest BCUT2D eigenvalue weighted by Crippen LogP contribution is -2.31. The molecule has 0 unspecified atom stereocenters. The second-order valence-electron chi connectivity index (χ2n) is 5.74. The van der Waals surface area contributed by atoms with Crippen molar-refractivity contribution in [1.82, 2.24) is 0 Å². The maximum Gasteiger partial charge on any atom is 0.01000 e. The van der Waals surface area contributed by atoms with Gasteiger partial charge in [-0.1, -0.05) is 29.8 Å². The predicted octanol–water partition coefficient (Wildman–Crippen LogP) is 4.14. The molecule has 94 valence electrons. The van der Waals surface area contributed by atoms with E-state index in [9.17, 15) is 0 Å². The average molecular weight is 231 g/mol. The number of hydrogen-bond acceptors (Lipinski definition) is 1. The van der Waals surface area contributed by atoms with Gasteiger partial charge >= 0.3 is 0 Å². The first-order valence-corrected chi connectivity index (χ1v) is 6.33. The van der Waals surface area contributed by atoms with Gasteiger partial charge in [-0.2, -0.15) is 0 Å². The first-order chi connectivity index (χ1) is 7.79. The zero-order valence-electron chi connectivity index (χ0n) is 11.8. The highest BCUT2D eigenvalue weighted by atomic mass is 14.7. The minimum atomic E-state index is -0.0678. The smallest absolute Gasteiger partial charge is 0.01000 e. The summed E-state index contributed by atoms with van der Waals surface area (Å²) < 4.78 is 0. The molecule has 2 N–H and O–H groups in total. The molecule has 0 amide bonds. The van der Waals surface area contributed by atoms with Crippen LogP contribution in [0.3, 0.4) is 0 Å². The molecule has 0 aliphatic heterocycles. The number of nitrogens with two attached hydrogens (primary N) is 1. The van der Waals surface area contributed by atoms with Gasteiger partial charge in [0.05, 0.1) is 0 Å². The molecule has 0 heterocycles. The molecule has 1 nitrogen and oxygen atoms in total. The molecular formula is C16H25N. The van der Waals surface area contributed by atoms with Crippen LogP contribution in [0.25, 0.3) is 6.08 Å². The minimum absolute atomic E-state index is 0.0678. The molecule has 0 aromatic heterocycles. The van der Waals surface area contributed by atoms with E-state index in [1.807, 2.05) is 0 Å². The fraction of sp³-hybridized carbons (Fsp3) is 0.500. The van der Waals surface area contributed by atoms with Gasteiger partial charge in [0, 0.05) is 5.54 Å². The first-order valence-electron chi connectivity index (χ1n) is 6.33. The summed E-state index contributed by atoms with van der Waals surface area (Å²) >= 11 is 0. The normalized spacial score (nSPS) is 12.4. The molecule has 0 atom stereocenters. The van der Waals surface area contributed by atoms with E-state index in [0.717, 1.165) is 12.8 Å². The lowest BCUT2D eigenvalue weighted by molar-refractivity contribution is 0.482. The van der Waals surface area contributed by atoms with Crippen LogP contribution in [0.5, 0.6) is 0 Å². The molecule has 1 aromatic rings. The van der Waals surface area contributed by atoms with Crippen molar-refractivity contribution in [2.45, 2.75) is 53.0 Å². The van der Waals surface area contributed by atoms with Gasteiger partial charge in [-0.3, -0.25) is 0 Å². The van der Waals surface area contributed by atoms with Gasteiger partial charge < -0.3 is 5.73 Å². The summed E-state index contributed by atoms with van der Waals surface area (Å²) in [5.41, 5.74) is 11.3. The van der Waals surface area contributed by atoms with Crippen LogP contribution < -0.4 is 5.73 Å². The largest absolute Gasteiger partial charge is 0.326 e. The summed E-state index contributed by atoms with van der Waals surface area (Å²) in [6, 6.07) is 4.47. The second kappa shape index (κ2) is 5.50. The molecule has 0 radical (unpaired) electrons. The lowest BCUT2D eigenvalue weighted by atomic mass is 9.97. The Morgan fingerprint density at radius 2 is 1.65 bits per heavy atom. The Hall–Kier alpha value is -1.08. The summed E-state index contributed by atoms with van der Waals surface area (Å²) in [5.74, 6) is 0. The van der Waals surface area contributed by atoms with Crippen molar-refractivity contribution in [3.8, 4) is 0 Å². The summed E-state index contributed by atoms with van der Waals surface area (Å²) in [4.78, 5) is 0. The lowest BCUT2D eigenvalue weighted by Gasteiger charge is -2.16. The molecular weight excluding hydrogens is 206 g/mol. The summed E-state index contributed by atoms with van der Waals surface area (Å²) in [5, 5.41) is 0. The predicted molar refractivity (Wildman–Crippen MR) is 77.2 cm³/mol. The monoisotopic (exact) mass is 231 g/mol. The van der Waals surface area contributed by atoms with Gasteiger partial charge in [0.25, 0.3) is 0 Å². The molecule has 1 aromatic carbocycles. The highest BCUT2D eigenvalue weighted by Crippen LogP contribution is 2.18. The molecule has 17 heavy (non-hydrogen) atoms. The summed E-state index contributed by atoms with van der Waals surface area (Å²) in [6.45, 7) is 10.6. The summed E-state index contributed by atoms with van der Waals surface area (Å²) in [6.07, 6.45) is 6.53. The number of rotatable bonds is 4. The van der Waals surface area contributed by atoms with E-state index in [0.29, 0.717) is 0 Å². The quantitative estimate of drug-likeness (QED) is 0.828. The second-order valence-corrected chi connectivity index (χ2v) is 5.74. The van der Waals surface area contributed by atoms with E-state index in [4.69, 9.17) is 5.73 Å². The van der Waals surface area contributed by atoms with E-state index in [1.165, 1.54) is 22.3 Å². The van der Waals surface area contributed by atoms with Gasteiger partial charge in [-0.25, -0.2) is 0 Å². The molecule has 0 fully saturated rings. The third-order valence-electron chi connectivity index (χ3n) is 2.98. The Balaban J connectivity index is 2.72. The van der Waals surface area contributed by atoms with Crippen LogP contribution in [-0.2, 0) is 0 Å². The molecule has 0 bridgehead atoms. The van der Waals surface area contributed by atoms with E-state index in [1.54, 1.807) is 0 Å². The van der Waals surface area contributed by atoms with Crippen molar-refractivity contribution < 1.29 is 0 Å². The Kier molecular flexibility index (Phi) is 4.53. The van der Waals surface area contributed by atoms with Gasteiger partial charge in [0.15, 0.2) is 0 Å². The Morgan fingerprint density at radius 1 is 1.12 bits per heavy atom. The van der Waals surface area contributed by atoms with Gasteiger partial charge in [0.2, 0.25) is 0 Å². The molecule has 0 aliphatic carbocycles. The first kappa shape index (κ1) is 14.0. The van der Waals surface area contributed by atoms with Crippen LogP contribution in [0.4, 0.5) is 0 Å². The van der Waals surface area contributed by atoms with Crippen LogP contribution in [0, 0.1) is 20.8 Å². The maximum atomic E-state index is 5.96. The van der Waals surface area contributed by atoms with Crippen molar-refractivity contribution >= 4 is 6.08 Å². The van der Waals surface area contributed by atoms with Crippen molar-refractivity contribution in [3.05, 3.63) is 40.5 Å². The number of aryl methyl sites for hydroxylation is 3. The fourth-order valence-electron chi connectivity index (χ4n) is 2.11. The van der Waals surface area contributed by atoms with E-state index in [-0.39, 0.29) is 5.54 Å². The van der Waals surface area contributed by atoms with Gasteiger partial charge in [0.1, 0.15) is 0 Å². The minimum Gasteiger partial charge on any atom is -0.326 e. The average Bonchev–Trinajstić information content (AvgIpc) is 2.13. The van der Waals surface area contributed by atoms with Gasteiger partial charge in [-0.05, 0) is 64.2 Å². The number of hydrogen-bond donors (Lipinski definition) is 1. The van der Waals surface area contributed by atoms with Crippen molar-refractivity contribution in [2.24, 2.45) is 5.73 Å². The van der Waals surface area contributed by atoms with Gasteiger partial charge in [-0.15, -0.1) is 0 Å². The molecule has 0 saturated carbocycles. The Labute approximate surface area is 106 Å². The van der Waals surface area contributed by atoms with Crippen LogP contribution in [0.15, 0.2) is 18.2 Å². The molecule has 0 aliphatic rings. The molecule has 0 saturated heterocycles. The zero-order valence-corrected chi connectivity index (χ0v) is 11.8. The van der Waals surface area contributed by atoms with E-state index < -0.39 is 0 Å². The van der Waals surface area contributed by atoms with E-state index >= 15 is 0 Å². The fourth-order valence-corrected chi connectivity index (χ4v) is 2.11. The van der Waals surface area contributed by atoms with Crippen molar-refractivity contribution in [3.63, 3.8) is 0 Å². The highest BCUT2D eigenvalue weighted by Gasteiger charge is 2.08. The van der Waals surface area contributed by atoms with Crippen LogP contribution >= 0.6 is 0 Å². The Morgan fingerprint density at radius 3 is 2.12 bits per heavy atom. The third kappa shape index (κ3) is 4.74.